The summed E-state index contributed by atoms with van der Waals surface area (Å²) in [7, 11) is 0. The van der Waals surface area contributed by atoms with Gasteiger partial charge >= 0.3 is 12.0 Å². The van der Waals surface area contributed by atoms with Crippen molar-refractivity contribution in [2.24, 2.45) is 5.92 Å². The van der Waals surface area contributed by atoms with E-state index in [1.165, 1.54) is 12.8 Å². The van der Waals surface area contributed by atoms with E-state index in [0.29, 0.717) is 19.1 Å². The molecule has 1 fully saturated rings. The van der Waals surface area contributed by atoms with Gasteiger partial charge in [0.1, 0.15) is 0 Å². The van der Waals surface area contributed by atoms with Crippen LogP contribution in [0.2, 0.25) is 0 Å². The highest BCUT2D eigenvalue weighted by molar-refractivity contribution is 5.76. The molecule has 0 saturated heterocycles. The molecule has 0 aromatic heterocycles. The second-order valence-corrected chi connectivity index (χ2v) is 5.35. The van der Waals surface area contributed by atoms with E-state index >= 15 is 0 Å². The van der Waals surface area contributed by atoms with Gasteiger partial charge in [-0.1, -0.05) is 0 Å². The highest BCUT2D eigenvalue weighted by atomic mass is 16.5. The molecule has 1 saturated carbocycles. The van der Waals surface area contributed by atoms with Crippen molar-refractivity contribution < 1.29 is 19.4 Å². The van der Waals surface area contributed by atoms with Gasteiger partial charge in [-0.15, -0.1) is 0 Å². The number of carboxylic acid groups (broad SMARTS) is 1. The Hall–Kier alpha value is -1.30. The summed E-state index contributed by atoms with van der Waals surface area (Å²) in [6, 6.07) is -0.365. The summed E-state index contributed by atoms with van der Waals surface area (Å²) in [6.45, 7) is 5.04. The van der Waals surface area contributed by atoms with Crippen molar-refractivity contribution in [3.8, 4) is 0 Å². The number of rotatable bonds is 8. The molecule has 1 aliphatic rings. The first-order chi connectivity index (χ1) is 8.39. The molecule has 0 radical (unpaired) electrons. The van der Waals surface area contributed by atoms with E-state index in [9.17, 15) is 9.59 Å². The average molecular weight is 258 g/mol. The lowest BCUT2D eigenvalue weighted by atomic mass is 10.0. The van der Waals surface area contributed by atoms with Crippen molar-refractivity contribution in [1.82, 2.24) is 10.6 Å². The fourth-order valence-electron chi connectivity index (χ4n) is 1.55. The molecule has 0 aliphatic heterocycles. The quantitative estimate of drug-likeness (QED) is 0.566. The summed E-state index contributed by atoms with van der Waals surface area (Å²) < 4.78 is 5.37. The summed E-state index contributed by atoms with van der Waals surface area (Å²) in [5, 5.41) is 13.9. The van der Waals surface area contributed by atoms with Gasteiger partial charge in [-0.3, -0.25) is 4.79 Å². The van der Waals surface area contributed by atoms with Gasteiger partial charge < -0.3 is 20.5 Å². The molecule has 0 spiro atoms. The third-order valence-electron chi connectivity index (χ3n) is 2.63. The van der Waals surface area contributed by atoms with Gasteiger partial charge in [0, 0.05) is 18.7 Å². The lowest BCUT2D eigenvalue weighted by Crippen LogP contribution is -2.49. The Balaban J connectivity index is 2.05. The highest BCUT2D eigenvalue weighted by Gasteiger charge is 2.23. The van der Waals surface area contributed by atoms with Crippen LogP contribution in [-0.2, 0) is 9.53 Å². The molecule has 3 N–H and O–H groups in total. The Bertz CT molecular complexity index is 300. The summed E-state index contributed by atoms with van der Waals surface area (Å²) >= 11 is 0. The number of hydrogen-bond acceptors (Lipinski definition) is 3. The first-order valence-corrected chi connectivity index (χ1v) is 6.24. The second kappa shape index (κ2) is 6.58. The molecule has 104 valence electrons. The standard InChI is InChI=1S/C12H22N2O4/c1-12(2,7-10(15)16)14-11(17)13-5-6-18-8-9-3-4-9/h9H,3-8H2,1-2H3,(H,15,16)(H2,13,14,17). The molecular weight excluding hydrogens is 236 g/mol. The van der Waals surface area contributed by atoms with Crippen LogP contribution in [0.3, 0.4) is 0 Å². The van der Waals surface area contributed by atoms with E-state index in [1.54, 1.807) is 13.8 Å². The zero-order chi connectivity index (χ0) is 13.6. The molecule has 0 aromatic rings. The molecule has 0 bridgehead atoms. The predicted octanol–water partition coefficient (Wildman–Crippen LogP) is 0.965. The average Bonchev–Trinajstić information content (AvgIpc) is 2.97. The third kappa shape index (κ3) is 7.11. The van der Waals surface area contributed by atoms with Crippen LogP contribution in [0, 0.1) is 5.92 Å². The van der Waals surface area contributed by atoms with Crippen molar-refractivity contribution in [3.63, 3.8) is 0 Å². The van der Waals surface area contributed by atoms with E-state index in [0.717, 1.165) is 6.61 Å². The van der Waals surface area contributed by atoms with Crippen LogP contribution >= 0.6 is 0 Å². The lowest BCUT2D eigenvalue weighted by molar-refractivity contribution is -0.138. The summed E-state index contributed by atoms with van der Waals surface area (Å²) in [5.41, 5.74) is -0.759. The molecule has 18 heavy (non-hydrogen) atoms. The molecule has 0 aromatic carbocycles. The van der Waals surface area contributed by atoms with E-state index in [-0.39, 0.29) is 12.5 Å². The van der Waals surface area contributed by atoms with Crippen LogP contribution in [0.25, 0.3) is 0 Å². The van der Waals surface area contributed by atoms with Gasteiger partial charge in [-0.05, 0) is 32.6 Å². The minimum absolute atomic E-state index is 0.113. The maximum atomic E-state index is 11.5. The van der Waals surface area contributed by atoms with Gasteiger partial charge in [-0.2, -0.15) is 0 Å². The van der Waals surface area contributed by atoms with E-state index in [1.807, 2.05) is 0 Å². The second-order valence-electron chi connectivity index (χ2n) is 5.35. The first kappa shape index (κ1) is 14.8. The number of aliphatic carboxylic acids is 1. The first-order valence-electron chi connectivity index (χ1n) is 6.24. The summed E-state index contributed by atoms with van der Waals surface area (Å²) in [5.74, 6) is -0.221. The van der Waals surface area contributed by atoms with E-state index in [2.05, 4.69) is 10.6 Å². The van der Waals surface area contributed by atoms with Crippen LogP contribution in [0.4, 0.5) is 4.79 Å². The van der Waals surface area contributed by atoms with Crippen molar-refractivity contribution in [2.75, 3.05) is 19.8 Å². The van der Waals surface area contributed by atoms with Gasteiger partial charge in [0.25, 0.3) is 0 Å². The molecule has 2 amide bonds. The minimum atomic E-state index is -0.937. The number of nitrogens with one attached hydrogen (secondary N) is 2. The fourth-order valence-corrected chi connectivity index (χ4v) is 1.55. The fraction of sp³-hybridized carbons (Fsp3) is 0.833. The van der Waals surface area contributed by atoms with Crippen LogP contribution in [0.15, 0.2) is 0 Å². The molecule has 1 aliphatic carbocycles. The van der Waals surface area contributed by atoms with Crippen LogP contribution in [-0.4, -0.2) is 42.4 Å². The van der Waals surface area contributed by atoms with Crippen molar-refractivity contribution in [3.05, 3.63) is 0 Å². The Morgan fingerprint density at radius 2 is 2.06 bits per heavy atom. The number of urea groups is 1. The largest absolute Gasteiger partial charge is 0.481 e. The highest BCUT2D eigenvalue weighted by Crippen LogP contribution is 2.28. The normalized spacial score (nSPS) is 15.2. The Kier molecular flexibility index (Phi) is 5.40. The smallest absolute Gasteiger partial charge is 0.315 e. The molecule has 6 nitrogen and oxygen atoms in total. The number of carboxylic acids is 1. The maximum absolute atomic E-state index is 11.5. The minimum Gasteiger partial charge on any atom is -0.481 e. The van der Waals surface area contributed by atoms with Crippen LogP contribution in [0.5, 0.6) is 0 Å². The van der Waals surface area contributed by atoms with Gasteiger partial charge in [0.05, 0.1) is 13.0 Å². The molecule has 1 rings (SSSR count). The van der Waals surface area contributed by atoms with Gasteiger partial charge in [-0.25, -0.2) is 4.79 Å². The van der Waals surface area contributed by atoms with E-state index in [4.69, 9.17) is 9.84 Å². The maximum Gasteiger partial charge on any atom is 0.315 e. The number of carbonyl (C=O) groups excluding carboxylic acids is 1. The third-order valence-corrected chi connectivity index (χ3v) is 2.63. The SMILES string of the molecule is CC(C)(CC(=O)O)NC(=O)NCCOCC1CC1. The number of hydrogen-bond donors (Lipinski definition) is 3. The van der Waals surface area contributed by atoms with Crippen LogP contribution in [0.1, 0.15) is 33.1 Å². The van der Waals surface area contributed by atoms with Crippen LogP contribution < -0.4 is 10.6 Å². The van der Waals surface area contributed by atoms with E-state index < -0.39 is 11.5 Å². The summed E-state index contributed by atoms with van der Waals surface area (Å²) in [4.78, 5) is 22.1. The zero-order valence-corrected chi connectivity index (χ0v) is 11.0. The molecule has 0 atom stereocenters. The number of ether oxygens (including phenoxy) is 1. The monoisotopic (exact) mass is 258 g/mol. The topological polar surface area (TPSA) is 87.7 Å². The Morgan fingerprint density at radius 1 is 1.39 bits per heavy atom. The molecular formula is C12H22N2O4. The predicted molar refractivity (Wildman–Crippen MR) is 66.4 cm³/mol. The lowest BCUT2D eigenvalue weighted by Gasteiger charge is -2.24. The Labute approximate surface area is 107 Å². The molecule has 0 heterocycles. The van der Waals surface area contributed by atoms with Crippen molar-refractivity contribution in [2.45, 2.75) is 38.6 Å². The van der Waals surface area contributed by atoms with Gasteiger partial charge in [0.15, 0.2) is 0 Å². The zero-order valence-electron chi connectivity index (χ0n) is 11.0. The number of carbonyl (C=O) groups is 2. The molecule has 6 heteroatoms. The number of amides is 2. The Morgan fingerprint density at radius 3 is 2.61 bits per heavy atom. The van der Waals surface area contributed by atoms with Crippen molar-refractivity contribution in [1.29, 1.82) is 0 Å². The summed E-state index contributed by atoms with van der Waals surface area (Å²) in [6.07, 6.45) is 2.38. The molecule has 0 unspecified atom stereocenters. The van der Waals surface area contributed by atoms with Gasteiger partial charge in [0.2, 0.25) is 0 Å². The van der Waals surface area contributed by atoms with Crippen molar-refractivity contribution >= 4 is 12.0 Å².